The van der Waals surface area contributed by atoms with Gasteiger partial charge < -0.3 is 9.32 Å². The third-order valence-electron chi connectivity index (χ3n) is 13.3. The molecule has 0 fully saturated rings. The fourth-order valence-electron chi connectivity index (χ4n) is 10.7. The number of anilines is 3. The molecule has 61 heavy (non-hydrogen) atoms. The molecule has 0 unspecified atom stereocenters. The van der Waals surface area contributed by atoms with Gasteiger partial charge in [-0.1, -0.05) is 170 Å². The van der Waals surface area contributed by atoms with Crippen LogP contribution >= 0.6 is 0 Å². The van der Waals surface area contributed by atoms with Crippen LogP contribution in [0, 0.1) is 0 Å². The Morgan fingerprint density at radius 2 is 0.852 bits per heavy atom. The van der Waals surface area contributed by atoms with Crippen LogP contribution in [0.1, 0.15) is 22.3 Å². The quantitative estimate of drug-likeness (QED) is 0.173. The monoisotopic (exact) mass is 775 g/mol. The van der Waals surface area contributed by atoms with Crippen molar-refractivity contribution >= 4 is 49.8 Å². The summed E-state index contributed by atoms with van der Waals surface area (Å²) >= 11 is 0. The summed E-state index contributed by atoms with van der Waals surface area (Å²) in [6, 6.07) is 82.0. The second-order valence-corrected chi connectivity index (χ2v) is 16.4. The molecule has 2 aliphatic rings. The van der Waals surface area contributed by atoms with Crippen molar-refractivity contribution < 1.29 is 4.42 Å². The molecule has 13 rings (SSSR count). The van der Waals surface area contributed by atoms with Crippen molar-refractivity contribution in [2.75, 3.05) is 4.90 Å². The first kappa shape index (κ1) is 34.0. The van der Waals surface area contributed by atoms with Crippen molar-refractivity contribution in [2.45, 2.75) is 5.41 Å². The molecular formula is C59H37NO. The maximum absolute atomic E-state index is 7.05. The number of furan rings is 1. The molecule has 2 aliphatic carbocycles. The van der Waals surface area contributed by atoms with Gasteiger partial charge in [-0.25, -0.2) is 0 Å². The number of hydrogen-bond acceptors (Lipinski definition) is 2. The molecule has 0 atom stereocenters. The normalized spacial score (nSPS) is 13.0. The van der Waals surface area contributed by atoms with Gasteiger partial charge in [0, 0.05) is 33.4 Å². The Hall–Kier alpha value is -7.94. The minimum absolute atomic E-state index is 0.429. The number of nitrogens with zero attached hydrogens (tertiary/aromatic N) is 1. The van der Waals surface area contributed by atoms with Gasteiger partial charge in [0.25, 0.3) is 0 Å². The molecule has 0 radical (unpaired) electrons. The maximum atomic E-state index is 7.05. The summed E-state index contributed by atoms with van der Waals surface area (Å²) in [5.74, 6) is 0. The minimum atomic E-state index is -0.429. The summed E-state index contributed by atoms with van der Waals surface area (Å²) < 4.78 is 7.05. The summed E-state index contributed by atoms with van der Waals surface area (Å²) in [6.45, 7) is 0. The van der Waals surface area contributed by atoms with E-state index in [9.17, 15) is 0 Å². The van der Waals surface area contributed by atoms with Crippen LogP contribution in [0.4, 0.5) is 17.1 Å². The van der Waals surface area contributed by atoms with Crippen molar-refractivity contribution in [3.8, 4) is 44.5 Å². The number of hydrogen-bond donors (Lipinski definition) is 0. The largest absolute Gasteiger partial charge is 0.455 e. The predicted molar refractivity (Wildman–Crippen MR) is 253 cm³/mol. The highest BCUT2D eigenvalue weighted by Gasteiger charge is 2.51. The molecule has 0 aliphatic heterocycles. The lowest BCUT2D eigenvalue weighted by molar-refractivity contribution is 0.670. The maximum Gasteiger partial charge on any atom is 0.143 e. The Balaban J connectivity index is 1.02. The number of rotatable bonds is 5. The number of fused-ring (bicyclic) bond motifs is 14. The minimum Gasteiger partial charge on any atom is -0.455 e. The predicted octanol–water partition coefficient (Wildman–Crippen LogP) is 15.9. The van der Waals surface area contributed by atoms with Crippen LogP contribution in [0.2, 0.25) is 0 Å². The van der Waals surface area contributed by atoms with Gasteiger partial charge in [0.15, 0.2) is 0 Å². The highest BCUT2D eigenvalue weighted by Crippen LogP contribution is 2.63. The zero-order valence-electron chi connectivity index (χ0n) is 33.2. The van der Waals surface area contributed by atoms with Gasteiger partial charge >= 0.3 is 0 Å². The lowest BCUT2D eigenvalue weighted by atomic mass is 9.70. The van der Waals surface area contributed by atoms with Crippen molar-refractivity contribution in [3.63, 3.8) is 0 Å². The summed E-state index contributed by atoms with van der Waals surface area (Å²) in [4.78, 5) is 2.34. The molecule has 0 N–H and O–H groups in total. The fraction of sp³-hybridized carbons (Fsp3) is 0.0169. The number of para-hydroxylation sites is 1. The second-order valence-electron chi connectivity index (χ2n) is 16.4. The van der Waals surface area contributed by atoms with Gasteiger partial charge in [0.1, 0.15) is 11.2 Å². The first-order valence-corrected chi connectivity index (χ1v) is 21.1. The van der Waals surface area contributed by atoms with Crippen molar-refractivity contribution in [3.05, 3.63) is 247 Å². The topological polar surface area (TPSA) is 16.4 Å². The van der Waals surface area contributed by atoms with Gasteiger partial charge in [-0.2, -0.15) is 0 Å². The molecule has 2 nitrogen and oxygen atoms in total. The lowest BCUT2D eigenvalue weighted by Crippen LogP contribution is -2.25. The zero-order valence-corrected chi connectivity index (χ0v) is 33.2. The standard InChI is InChI=1S/C59H37NO/c1-3-15-38(16-4-1)39-27-30-43(31-28-39)60(42-18-5-2-6-19-42)44-32-34-56-50(37-44)51-35-40-17-7-8-20-45(40)57(58(51)61-56)41-29-33-49-48-23-11-14-26-54(48)59(55(49)36-41)52-24-12-9-21-46(52)47-22-10-13-25-53(47)59/h1-37H. The Bertz CT molecular complexity index is 3460. The average Bonchev–Trinajstić information content (AvgIpc) is 3.95. The van der Waals surface area contributed by atoms with Crippen molar-refractivity contribution in [1.29, 1.82) is 0 Å². The van der Waals surface area contributed by atoms with Crippen LogP contribution in [0.25, 0.3) is 77.2 Å². The third-order valence-corrected chi connectivity index (χ3v) is 13.3. The smallest absolute Gasteiger partial charge is 0.143 e. The Labute approximate surface area is 354 Å². The van der Waals surface area contributed by atoms with Crippen LogP contribution in [-0.4, -0.2) is 0 Å². The van der Waals surface area contributed by atoms with E-state index in [4.69, 9.17) is 4.42 Å². The Morgan fingerprint density at radius 1 is 0.328 bits per heavy atom. The number of benzene rings is 10. The van der Waals surface area contributed by atoms with E-state index < -0.39 is 5.41 Å². The molecule has 1 spiro atoms. The van der Waals surface area contributed by atoms with Crippen molar-refractivity contribution in [1.82, 2.24) is 0 Å². The van der Waals surface area contributed by atoms with Crippen LogP contribution in [0.5, 0.6) is 0 Å². The van der Waals surface area contributed by atoms with Gasteiger partial charge in [-0.3, -0.25) is 0 Å². The molecule has 2 heteroatoms. The zero-order chi connectivity index (χ0) is 40.1. The molecule has 11 aromatic rings. The first-order valence-electron chi connectivity index (χ1n) is 21.1. The summed E-state index contributed by atoms with van der Waals surface area (Å²) in [5.41, 5.74) is 19.8. The second kappa shape index (κ2) is 13.0. The van der Waals surface area contributed by atoms with E-state index >= 15 is 0 Å². The van der Waals surface area contributed by atoms with Crippen molar-refractivity contribution in [2.24, 2.45) is 0 Å². The molecule has 0 bridgehead atoms. The molecular weight excluding hydrogens is 739 g/mol. The van der Waals surface area contributed by atoms with Gasteiger partial charge in [-0.15, -0.1) is 0 Å². The van der Waals surface area contributed by atoms with E-state index in [-0.39, 0.29) is 0 Å². The summed E-state index contributed by atoms with van der Waals surface area (Å²) in [6.07, 6.45) is 0. The van der Waals surface area contributed by atoms with Crippen LogP contribution in [0.3, 0.4) is 0 Å². The Morgan fingerprint density at radius 3 is 1.54 bits per heavy atom. The molecule has 284 valence electrons. The van der Waals surface area contributed by atoms with E-state index in [2.05, 4.69) is 229 Å². The molecule has 1 aromatic heterocycles. The highest BCUT2D eigenvalue weighted by molar-refractivity contribution is 6.19. The summed E-state index contributed by atoms with van der Waals surface area (Å²) in [5, 5.41) is 4.55. The average molecular weight is 776 g/mol. The molecule has 10 aromatic carbocycles. The van der Waals surface area contributed by atoms with Crippen LogP contribution in [0.15, 0.2) is 229 Å². The molecule has 0 amide bonds. The van der Waals surface area contributed by atoms with Crippen LogP contribution < -0.4 is 4.90 Å². The van der Waals surface area contributed by atoms with Gasteiger partial charge in [-0.05, 0) is 127 Å². The van der Waals surface area contributed by atoms with Crippen LogP contribution in [-0.2, 0) is 5.41 Å². The SMILES string of the molecule is c1ccc(-c2ccc(N(c3ccccc3)c3ccc4oc5c(-c6ccc7c(c6)C6(c8ccccc8-c8ccccc86)c6ccccc6-7)c6ccccc6cc5c4c3)cc2)cc1. The Kier molecular flexibility index (Phi) is 7.26. The molecule has 0 saturated heterocycles. The highest BCUT2D eigenvalue weighted by atomic mass is 16.3. The first-order chi connectivity index (χ1) is 30.3. The van der Waals surface area contributed by atoms with E-state index in [0.29, 0.717) is 0 Å². The third kappa shape index (κ3) is 4.85. The van der Waals surface area contributed by atoms with Gasteiger partial charge in [0.2, 0.25) is 0 Å². The lowest BCUT2D eigenvalue weighted by Gasteiger charge is -2.30. The van der Waals surface area contributed by atoms with E-state index in [1.54, 1.807) is 0 Å². The fourth-order valence-corrected chi connectivity index (χ4v) is 10.7. The molecule has 1 heterocycles. The van der Waals surface area contributed by atoms with Gasteiger partial charge in [0.05, 0.1) is 5.41 Å². The van der Waals surface area contributed by atoms with E-state index in [0.717, 1.165) is 50.1 Å². The van der Waals surface area contributed by atoms with E-state index in [1.165, 1.54) is 66.4 Å². The van der Waals surface area contributed by atoms with E-state index in [1.807, 2.05) is 0 Å². The molecule has 0 saturated carbocycles. The summed E-state index contributed by atoms with van der Waals surface area (Å²) in [7, 11) is 0.